The lowest BCUT2D eigenvalue weighted by atomic mass is 10.3. The maximum atomic E-state index is 11.8. The zero-order chi connectivity index (χ0) is 15.0. The second kappa shape index (κ2) is 5.43. The average molecular weight is 326 g/mol. The van der Waals surface area contributed by atoms with Crippen molar-refractivity contribution in [2.75, 3.05) is 36.8 Å². The molecule has 0 radical (unpaired) electrons. The number of benzene rings is 1. The van der Waals surface area contributed by atoms with Crippen molar-refractivity contribution in [2.45, 2.75) is 12.8 Å². The molecule has 1 saturated heterocycles. The van der Waals surface area contributed by atoms with Crippen molar-refractivity contribution in [2.24, 2.45) is 0 Å². The van der Waals surface area contributed by atoms with Gasteiger partial charge in [0.05, 0.1) is 15.9 Å². The molecule has 2 aromatic rings. The van der Waals surface area contributed by atoms with E-state index in [1.54, 1.807) is 17.4 Å². The molecule has 0 saturated carbocycles. The van der Waals surface area contributed by atoms with Crippen molar-refractivity contribution in [3.63, 3.8) is 0 Å². The molecule has 1 fully saturated rings. The zero-order valence-corrected chi connectivity index (χ0v) is 13.7. The monoisotopic (exact) mass is 326 g/mol. The molecule has 0 spiro atoms. The Bertz CT molecular complexity index is 749. The number of hydrogen-bond acceptors (Lipinski definition) is 5. The summed E-state index contributed by atoms with van der Waals surface area (Å²) in [5, 5.41) is 1.02. The number of thiazole rings is 1. The first kappa shape index (κ1) is 14.6. The molecule has 2 heterocycles. The second-order valence-electron chi connectivity index (χ2n) is 5.26. The van der Waals surface area contributed by atoms with Crippen molar-refractivity contribution in [3.8, 4) is 0 Å². The van der Waals surface area contributed by atoms with Gasteiger partial charge in [0.2, 0.25) is 0 Å². The highest BCUT2D eigenvalue weighted by molar-refractivity contribution is 7.90. The summed E-state index contributed by atoms with van der Waals surface area (Å²) in [4.78, 5) is 6.91. The summed E-state index contributed by atoms with van der Waals surface area (Å²) < 4.78 is 28.4. The van der Waals surface area contributed by atoms with Crippen LogP contribution in [0, 0.1) is 0 Å². The topological polar surface area (TPSA) is 65.5 Å². The minimum atomic E-state index is -3.47. The van der Waals surface area contributed by atoms with Crippen LogP contribution in [0.4, 0.5) is 10.8 Å². The van der Waals surface area contributed by atoms with Crippen LogP contribution in [0.1, 0.15) is 12.8 Å². The SMILES string of the molecule is CN(C)S(=O)(=O)Nc1ccc2nc(N3CCCC3)sc2c1. The molecular formula is C13H18N4O2S2. The molecular weight excluding hydrogens is 308 g/mol. The predicted octanol–water partition coefficient (Wildman–Crippen LogP) is 2.11. The molecule has 114 valence electrons. The van der Waals surface area contributed by atoms with Crippen LogP contribution in [0.25, 0.3) is 10.2 Å². The van der Waals surface area contributed by atoms with E-state index in [0.29, 0.717) is 5.69 Å². The lowest BCUT2D eigenvalue weighted by Crippen LogP contribution is -2.28. The Labute approximate surface area is 128 Å². The van der Waals surface area contributed by atoms with E-state index in [1.807, 2.05) is 12.1 Å². The van der Waals surface area contributed by atoms with E-state index in [2.05, 4.69) is 14.6 Å². The Morgan fingerprint density at radius 2 is 2.00 bits per heavy atom. The largest absolute Gasteiger partial charge is 0.348 e. The number of nitrogens with one attached hydrogen (secondary N) is 1. The molecule has 1 aliphatic heterocycles. The molecule has 0 atom stereocenters. The van der Waals surface area contributed by atoms with E-state index >= 15 is 0 Å². The number of aromatic nitrogens is 1. The summed E-state index contributed by atoms with van der Waals surface area (Å²) in [6.07, 6.45) is 2.42. The van der Waals surface area contributed by atoms with Gasteiger partial charge in [0.1, 0.15) is 0 Å². The molecule has 1 aromatic carbocycles. The first-order valence-electron chi connectivity index (χ1n) is 6.81. The van der Waals surface area contributed by atoms with Gasteiger partial charge in [-0.25, -0.2) is 4.98 Å². The lowest BCUT2D eigenvalue weighted by molar-refractivity contribution is 0.527. The van der Waals surface area contributed by atoms with Gasteiger partial charge in [-0.2, -0.15) is 12.7 Å². The van der Waals surface area contributed by atoms with Crippen LogP contribution in [0.3, 0.4) is 0 Å². The fraction of sp³-hybridized carbons (Fsp3) is 0.462. The first-order valence-corrected chi connectivity index (χ1v) is 9.07. The molecule has 1 aliphatic rings. The summed E-state index contributed by atoms with van der Waals surface area (Å²) in [7, 11) is -0.474. The quantitative estimate of drug-likeness (QED) is 0.934. The molecule has 21 heavy (non-hydrogen) atoms. The van der Waals surface area contributed by atoms with E-state index in [9.17, 15) is 8.42 Å². The molecule has 6 nitrogen and oxygen atoms in total. The predicted molar refractivity (Wildman–Crippen MR) is 87.3 cm³/mol. The number of anilines is 2. The highest BCUT2D eigenvalue weighted by Crippen LogP contribution is 2.32. The van der Waals surface area contributed by atoms with Gasteiger partial charge in [-0.05, 0) is 31.0 Å². The molecule has 0 amide bonds. The van der Waals surface area contributed by atoms with Crippen molar-refractivity contribution in [1.29, 1.82) is 0 Å². The Kier molecular flexibility index (Phi) is 3.76. The summed E-state index contributed by atoms with van der Waals surface area (Å²) in [5.41, 5.74) is 1.47. The number of fused-ring (bicyclic) bond motifs is 1. The first-order chi connectivity index (χ1) is 9.95. The highest BCUT2D eigenvalue weighted by Gasteiger charge is 2.17. The lowest BCUT2D eigenvalue weighted by Gasteiger charge is -2.13. The fourth-order valence-electron chi connectivity index (χ4n) is 2.26. The van der Waals surface area contributed by atoms with Crippen molar-refractivity contribution in [1.82, 2.24) is 9.29 Å². The van der Waals surface area contributed by atoms with Crippen molar-refractivity contribution < 1.29 is 8.42 Å². The summed E-state index contributed by atoms with van der Waals surface area (Å²) in [5.74, 6) is 0. The normalized spacial score (nSPS) is 16.0. The second-order valence-corrected chi connectivity index (χ2v) is 8.16. The van der Waals surface area contributed by atoms with E-state index in [4.69, 9.17) is 0 Å². The van der Waals surface area contributed by atoms with Gasteiger partial charge in [0.15, 0.2) is 5.13 Å². The Balaban J connectivity index is 1.89. The van der Waals surface area contributed by atoms with Crippen LogP contribution in [-0.4, -0.2) is 44.9 Å². The third-order valence-electron chi connectivity index (χ3n) is 3.48. The van der Waals surface area contributed by atoms with Crippen LogP contribution >= 0.6 is 11.3 Å². The zero-order valence-electron chi connectivity index (χ0n) is 12.0. The smallest absolute Gasteiger partial charge is 0.301 e. The minimum absolute atomic E-state index is 0.563. The van der Waals surface area contributed by atoms with Crippen LogP contribution in [0.5, 0.6) is 0 Å². The average Bonchev–Trinajstić information content (AvgIpc) is 3.06. The van der Waals surface area contributed by atoms with E-state index in [-0.39, 0.29) is 0 Å². The summed E-state index contributed by atoms with van der Waals surface area (Å²) >= 11 is 1.61. The van der Waals surface area contributed by atoms with Gasteiger partial charge >= 0.3 is 10.2 Å². The molecule has 0 aliphatic carbocycles. The Morgan fingerprint density at radius 1 is 1.29 bits per heavy atom. The molecule has 1 N–H and O–H groups in total. The number of nitrogens with zero attached hydrogens (tertiary/aromatic N) is 3. The standard InChI is InChI=1S/C13H18N4O2S2/c1-16(2)21(18,19)15-10-5-6-11-12(9-10)20-13(14-11)17-7-3-4-8-17/h5-6,9,15H,3-4,7-8H2,1-2H3. The van der Waals surface area contributed by atoms with Crippen LogP contribution in [0.15, 0.2) is 18.2 Å². The van der Waals surface area contributed by atoms with Crippen LogP contribution in [-0.2, 0) is 10.2 Å². The van der Waals surface area contributed by atoms with Gasteiger partial charge in [-0.3, -0.25) is 4.72 Å². The van der Waals surface area contributed by atoms with Gasteiger partial charge < -0.3 is 4.90 Å². The van der Waals surface area contributed by atoms with Crippen molar-refractivity contribution in [3.05, 3.63) is 18.2 Å². The van der Waals surface area contributed by atoms with Gasteiger partial charge in [-0.1, -0.05) is 11.3 Å². The molecule has 0 bridgehead atoms. The van der Waals surface area contributed by atoms with Gasteiger partial charge in [-0.15, -0.1) is 0 Å². The van der Waals surface area contributed by atoms with Crippen LogP contribution in [0.2, 0.25) is 0 Å². The molecule has 8 heteroatoms. The molecule has 3 rings (SSSR count). The van der Waals surface area contributed by atoms with Gasteiger partial charge in [0, 0.05) is 27.2 Å². The molecule has 1 aromatic heterocycles. The third-order valence-corrected chi connectivity index (χ3v) is 6.02. The Morgan fingerprint density at radius 3 is 2.67 bits per heavy atom. The van der Waals surface area contributed by atoms with E-state index < -0.39 is 10.2 Å². The maximum Gasteiger partial charge on any atom is 0.301 e. The summed E-state index contributed by atoms with van der Waals surface area (Å²) in [6.45, 7) is 2.11. The van der Waals surface area contributed by atoms with E-state index in [0.717, 1.165) is 32.7 Å². The van der Waals surface area contributed by atoms with E-state index in [1.165, 1.54) is 26.9 Å². The Hall–Kier alpha value is -1.38. The maximum absolute atomic E-state index is 11.8. The third kappa shape index (κ3) is 2.97. The fourth-order valence-corrected chi connectivity index (χ4v) is 3.92. The minimum Gasteiger partial charge on any atom is -0.348 e. The number of hydrogen-bond donors (Lipinski definition) is 1. The molecule has 0 unspecified atom stereocenters. The van der Waals surface area contributed by atoms with Gasteiger partial charge in [0.25, 0.3) is 0 Å². The highest BCUT2D eigenvalue weighted by atomic mass is 32.2. The van der Waals surface area contributed by atoms with Crippen molar-refractivity contribution >= 4 is 42.6 Å². The summed E-state index contributed by atoms with van der Waals surface area (Å²) in [6, 6.07) is 5.45. The van der Waals surface area contributed by atoms with Crippen LogP contribution < -0.4 is 9.62 Å². The number of rotatable bonds is 4.